The van der Waals surface area contributed by atoms with Crippen molar-refractivity contribution in [1.29, 1.82) is 0 Å². The highest BCUT2D eigenvalue weighted by Crippen LogP contribution is 2.39. The van der Waals surface area contributed by atoms with E-state index in [1.165, 1.54) is 12.8 Å². The fourth-order valence-electron chi connectivity index (χ4n) is 2.58. The molecule has 20 heavy (non-hydrogen) atoms. The van der Waals surface area contributed by atoms with Gasteiger partial charge < -0.3 is 24.3 Å². The molecule has 0 radical (unpaired) electrons. The Hall–Kier alpha value is -1.46. The predicted octanol–water partition coefficient (Wildman–Crippen LogP) is 0.955. The van der Waals surface area contributed by atoms with E-state index in [2.05, 4.69) is 5.32 Å². The Balaban J connectivity index is 2.02. The smallest absolute Gasteiger partial charge is 0.203 e. The SMILES string of the molecule is COc1ccc(C[NH2+]C[C@H]2CCCO2)c(OC)c1OC. The second-order valence-corrected chi connectivity index (χ2v) is 4.86. The first-order chi connectivity index (χ1) is 9.80. The maximum Gasteiger partial charge on any atom is 0.203 e. The summed E-state index contributed by atoms with van der Waals surface area (Å²) in [6.45, 7) is 2.72. The van der Waals surface area contributed by atoms with Gasteiger partial charge in [0.05, 0.1) is 26.9 Å². The summed E-state index contributed by atoms with van der Waals surface area (Å²) < 4.78 is 21.8. The Morgan fingerprint density at radius 3 is 2.55 bits per heavy atom. The van der Waals surface area contributed by atoms with Crippen molar-refractivity contribution < 1.29 is 24.3 Å². The van der Waals surface area contributed by atoms with Gasteiger partial charge in [-0.05, 0) is 25.0 Å². The molecule has 0 aromatic heterocycles. The Bertz CT molecular complexity index is 430. The molecule has 0 saturated carbocycles. The van der Waals surface area contributed by atoms with Gasteiger partial charge >= 0.3 is 0 Å². The highest BCUT2D eigenvalue weighted by molar-refractivity contribution is 5.55. The van der Waals surface area contributed by atoms with Crippen LogP contribution >= 0.6 is 0 Å². The topological polar surface area (TPSA) is 53.5 Å². The highest BCUT2D eigenvalue weighted by atomic mass is 16.5. The predicted molar refractivity (Wildman–Crippen MR) is 75.6 cm³/mol. The van der Waals surface area contributed by atoms with Gasteiger partial charge in [-0.25, -0.2) is 0 Å². The summed E-state index contributed by atoms with van der Waals surface area (Å²) in [5, 5.41) is 2.25. The van der Waals surface area contributed by atoms with Gasteiger partial charge in [0.15, 0.2) is 11.5 Å². The van der Waals surface area contributed by atoms with Crippen molar-refractivity contribution in [1.82, 2.24) is 0 Å². The van der Waals surface area contributed by atoms with Crippen molar-refractivity contribution in [2.24, 2.45) is 0 Å². The number of quaternary nitrogens is 1. The van der Waals surface area contributed by atoms with Gasteiger partial charge in [-0.2, -0.15) is 0 Å². The van der Waals surface area contributed by atoms with E-state index in [0.717, 1.165) is 31.0 Å². The van der Waals surface area contributed by atoms with Crippen LogP contribution in [0, 0.1) is 0 Å². The minimum atomic E-state index is 0.390. The van der Waals surface area contributed by atoms with Crippen LogP contribution in [0.5, 0.6) is 17.2 Å². The van der Waals surface area contributed by atoms with Crippen LogP contribution in [0.3, 0.4) is 0 Å². The van der Waals surface area contributed by atoms with Gasteiger partial charge in [-0.3, -0.25) is 0 Å². The lowest BCUT2D eigenvalue weighted by molar-refractivity contribution is -0.676. The van der Waals surface area contributed by atoms with Gasteiger partial charge in [0.1, 0.15) is 19.2 Å². The molecule has 1 heterocycles. The summed E-state index contributed by atoms with van der Waals surface area (Å²) in [4.78, 5) is 0. The third-order valence-corrected chi connectivity index (χ3v) is 3.60. The van der Waals surface area contributed by atoms with Crippen LogP contribution in [0.1, 0.15) is 18.4 Å². The molecule has 1 aliphatic heterocycles. The maximum atomic E-state index is 5.62. The van der Waals surface area contributed by atoms with E-state index in [9.17, 15) is 0 Å². The van der Waals surface area contributed by atoms with E-state index >= 15 is 0 Å². The van der Waals surface area contributed by atoms with E-state index < -0.39 is 0 Å². The van der Waals surface area contributed by atoms with Gasteiger partial charge in [0.25, 0.3) is 0 Å². The fourth-order valence-corrected chi connectivity index (χ4v) is 2.58. The van der Waals surface area contributed by atoms with Gasteiger partial charge in [0.2, 0.25) is 5.75 Å². The number of benzene rings is 1. The van der Waals surface area contributed by atoms with Crippen molar-refractivity contribution in [2.75, 3.05) is 34.5 Å². The average molecular weight is 282 g/mol. The number of rotatable bonds is 7. The molecule has 1 atom stereocenters. The summed E-state index contributed by atoms with van der Waals surface area (Å²) >= 11 is 0. The van der Waals surface area contributed by atoms with E-state index in [1.54, 1.807) is 21.3 Å². The number of nitrogens with two attached hydrogens (primary N) is 1. The molecule has 1 saturated heterocycles. The Kier molecular flexibility index (Phi) is 5.49. The molecule has 0 aliphatic carbocycles. The van der Waals surface area contributed by atoms with Crippen molar-refractivity contribution in [3.8, 4) is 17.2 Å². The number of hydrogen-bond donors (Lipinski definition) is 1. The molecule has 0 unspecified atom stereocenters. The number of methoxy groups -OCH3 is 3. The number of hydrogen-bond acceptors (Lipinski definition) is 4. The van der Waals surface area contributed by atoms with Crippen LogP contribution in [-0.2, 0) is 11.3 Å². The van der Waals surface area contributed by atoms with Crippen LogP contribution in [0.15, 0.2) is 12.1 Å². The van der Waals surface area contributed by atoms with E-state index in [4.69, 9.17) is 18.9 Å². The van der Waals surface area contributed by atoms with Crippen molar-refractivity contribution in [3.05, 3.63) is 17.7 Å². The zero-order valence-corrected chi connectivity index (χ0v) is 12.5. The normalized spacial score (nSPS) is 18.1. The molecule has 0 amide bonds. The molecule has 1 aliphatic rings. The molecule has 1 fully saturated rings. The monoisotopic (exact) mass is 282 g/mol. The lowest BCUT2D eigenvalue weighted by atomic mass is 10.1. The molecule has 112 valence electrons. The lowest BCUT2D eigenvalue weighted by Gasteiger charge is -2.15. The largest absolute Gasteiger partial charge is 0.493 e. The van der Waals surface area contributed by atoms with Crippen LogP contribution in [-0.4, -0.2) is 40.6 Å². The second-order valence-electron chi connectivity index (χ2n) is 4.86. The minimum absolute atomic E-state index is 0.390. The Morgan fingerprint density at radius 2 is 1.95 bits per heavy atom. The quantitative estimate of drug-likeness (QED) is 0.809. The first kappa shape index (κ1) is 14.9. The molecule has 0 bridgehead atoms. The fraction of sp³-hybridized carbons (Fsp3) is 0.600. The molecule has 5 nitrogen and oxygen atoms in total. The molecule has 5 heteroatoms. The first-order valence-electron chi connectivity index (χ1n) is 7.01. The van der Waals surface area contributed by atoms with E-state index in [1.807, 2.05) is 12.1 Å². The molecule has 0 spiro atoms. The molecular weight excluding hydrogens is 258 g/mol. The van der Waals surface area contributed by atoms with Crippen LogP contribution in [0.25, 0.3) is 0 Å². The third-order valence-electron chi connectivity index (χ3n) is 3.60. The Morgan fingerprint density at radius 1 is 1.15 bits per heavy atom. The third kappa shape index (κ3) is 3.35. The van der Waals surface area contributed by atoms with Crippen LogP contribution < -0.4 is 19.5 Å². The molecule has 2 rings (SSSR count). The first-order valence-corrected chi connectivity index (χ1v) is 7.01. The standard InChI is InChI=1S/C15H23NO4/c1-17-13-7-6-11(14(18-2)15(13)19-3)9-16-10-12-5-4-8-20-12/h6-7,12,16H,4-5,8-10H2,1-3H3/p+1/t12-/m1/s1. The maximum absolute atomic E-state index is 5.62. The average Bonchev–Trinajstić information content (AvgIpc) is 2.99. The van der Waals surface area contributed by atoms with Crippen molar-refractivity contribution >= 4 is 0 Å². The summed E-state index contributed by atoms with van der Waals surface area (Å²) in [7, 11) is 4.90. The van der Waals surface area contributed by atoms with Crippen molar-refractivity contribution in [2.45, 2.75) is 25.5 Å². The lowest BCUT2D eigenvalue weighted by Crippen LogP contribution is -2.84. The van der Waals surface area contributed by atoms with Gasteiger partial charge in [-0.1, -0.05) is 0 Å². The summed E-state index contributed by atoms with van der Waals surface area (Å²) in [6.07, 6.45) is 2.73. The van der Waals surface area contributed by atoms with Crippen LogP contribution in [0.4, 0.5) is 0 Å². The van der Waals surface area contributed by atoms with Gasteiger partial charge in [0, 0.05) is 6.61 Å². The van der Waals surface area contributed by atoms with Gasteiger partial charge in [-0.15, -0.1) is 0 Å². The van der Waals surface area contributed by atoms with Crippen molar-refractivity contribution in [3.63, 3.8) is 0 Å². The molecule has 1 aromatic carbocycles. The summed E-state index contributed by atoms with van der Waals surface area (Å²) in [5.41, 5.74) is 1.10. The molecule has 2 N–H and O–H groups in total. The van der Waals surface area contributed by atoms with E-state index in [0.29, 0.717) is 17.6 Å². The zero-order valence-electron chi connectivity index (χ0n) is 12.5. The minimum Gasteiger partial charge on any atom is -0.493 e. The summed E-state index contributed by atoms with van der Waals surface area (Å²) in [5.74, 6) is 2.08. The molecule has 1 aromatic rings. The number of ether oxygens (including phenoxy) is 4. The summed E-state index contributed by atoms with van der Waals surface area (Å²) in [6, 6.07) is 3.93. The zero-order chi connectivity index (χ0) is 14.4. The Labute approximate surface area is 120 Å². The van der Waals surface area contributed by atoms with E-state index in [-0.39, 0.29) is 0 Å². The highest BCUT2D eigenvalue weighted by Gasteiger charge is 2.19. The second kappa shape index (κ2) is 7.36. The van der Waals surface area contributed by atoms with Crippen LogP contribution in [0.2, 0.25) is 0 Å². The molecular formula is C15H24NO4+.